The number of hydrogen-bond donors (Lipinski definition) is 0. The Hall–Kier alpha value is -1.35. The van der Waals surface area contributed by atoms with E-state index in [1.165, 1.54) is 24.3 Å². The van der Waals surface area contributed by atoms with Crippen LogP contribution in [0.5, 0.6) is 0 Å². The average molecular weight is 241 g/mol. The fourth-order valence-electron chi connectivity index (χ4n) is 1.06. The number of esters is 1. The van der Waals surface area contributed by atoms with Gasteiger partial charge in [0.2, 0.25) is 0 Å². The van der Waals surface area contributed by atoms with E-state index in [9.17, 15) is 9.59 Å². The van der Waals surface area contributed by atoms with Crippen LogP contribution in [-0.4, -0.2) is 17.8 Å². The molecule has 0 aliphatic heterocycles. The van der Waals surface area contributed by atoms with Crippen LogP contribution in [-0.2, 0) is 4.74 Å². The highest BCUT2D eigenvalue weighted by Gasteiger charge is 2.09. The largest absolute Gasteiger partial charge is 0.462 e. The average Bonchev–Trinajstić information content (AvgIpc) is 2.26. The van der Waals surface area contributed by atoms with E-state index in [0.29, 0.717) is 23.7 Å². The number of ether oxygens (including phenoxy) is 1. The Morgan fingerprint density at radius 2 is 1.69 bits per heavy atom. The molecule has 0 amide bonds. The molecule has 0 aromatic heterocycles. The van der Waals surface area contributed by atoms with Gasteiger partial charge in [-0.2, -0.15) is 0 Å². The lowest BCUT2D eigenvalue weighted by atomic mass is 10.1. The molecule has 0 radical (unpaired) electrons. The summed E-state index contributed by atoms with van der Waals surface area (Å²) < 4.78 is 5.03. The fourth-order valence-corrected chi connectivity index (χ4v) is 1.19. The van der Waals surface area contributed by atoms with Crippen molar-refractivity contribution >= 4 is 22.8 Å². The maximum absolute atomic E-state index is 11.5. The summed E-state index contributed by atoms with van der Waals surface area (Å²) >= 11 is 5.28. The molecule has 0 unspecified atom stereocenters. The third-order valence-corrected chi connectivity index (χ3v) is 2.11. The van der Waals surface area contributed by atoms with Crippen molar-refractivity contribution in [3.63, 3.8) is 0 Å². The van der Waals surface area contributed by atoms with Gasteiger partial charge < -0.3 is 4.74 Å². The Labute approximate surface area is 99.4 Å². The monoisotopic (exact) mass is 240 g/mol. The Kier molecular flexibility index (Phi) is 4.50. The van der Waals surface area contributed by atoms with Crippen molar-refractivity contribution in [2.45, 2.75) is 13.8 Å². The van der Waals surface area contributed by atoms with Gasteiger partial charge in [-0.05, 0) is 41.8 Å². The molecule has 0 saturated carbocycles. The Morgan fingerprint density at radius 1 is 1.19 bits per heavy atom. The van der Waals surface area contributed by atoms with Crippen LogP contribution < -0.4 is 0 Å². The van der Waals surface area contributed by atoms with Gasteiger partial charge >= 0.3 is 5.97 Å². The van der Waals surface area contributed by atoms with Crippen LogP contribution in [0.1, 0.15) is 34.6 Å². The first kappa shape index (κ1) is 12.7. The molecular formula is C12H13ClO3. The molecule has 0 aliphatic carbocycles. The topological polar surface area (TPSA) is 43.4 Å². The highest BCUT2D eigenvalue weighted by molar-refractivity contribution is 6.67. The smallest absolute Gasteiger partial charge is 0.338 e. The minimum Gasteiger partial charge on any atom is -0.462 e. The van der Waals surface area contributed by atoms with E-state index in [1.54, 1.807) is 0 Å². The zero-order chi connectivity index (χ0) is 12.1. The lowest BCUT2D eigenvalue weighted by Crippen LogP contribution is -2.10. The van der Waals surface area contributed by atoms with Crippen molar-refractivity contribution in [3.05, 3.63) is 35.4 Å². The van der Waals surface area contributed by atoms with Gasteiger partial charge in [0.15, 0.2) is 0 Å². The van der Waals surface area contributed by atoms with Gasteiger partial charge in [-0.25, -0.2) is 4.79 Å². The molecule has 1 aromatic rings. The van der Waals surface area contributed by atoms with Crippen LogP contribution in [0.3, 0.4) is 0 Å². The number of carbonyl (C=O) groups is 2. The van der Waals surface area contributed by atoms with E-state index in [-0.39, 0.29) is 5.97 Å². The fraction of sp³-hybridized carbons (Fsp3) is 0.333. The summed E-state index contributed by atoms with van der Waals surface area (Å²) in [5, 5.41) is -0.540. The van der Waals surface area contributed by atoms with Gasteiger partial charge in [-0.3, -0.25) is 4.79 Å². The van der Waals surface area contributed by atoms with Gasteiger partial charge in [-0.1, -0.05) is 13.8 Å². The van der Waals surface area contributed by atoms with Crippen LogP contribution in [0.2, 0.25) is 0 Å². The van der Waals surface area contributed by atoms with E-state index in [2.05, 4.69) is 0 Å². The zero-order valence-electron chi connectivity index (χ0n) is 9.20. The van der Waals surface area contributed by atoms with Crippen LogP contribution in [0.25, 0.3) is 0 Å². The molecule has 16 heavy (non-hydrogen) atoms. The summed E-state index contributed by atoms with van der Waals surface area (Å²) in [5.74, 6) is -0.0880. The minimum atomic E-state index is -0.540. The second-order valence-corrected chi connectivity index (χ2v) is 4.19. The summed E-state index contributed by atoms with van der Waals surface area (Å²) in [4.78, 5) is 22.3. The SMILES string of the molecule is CC(C)COC(=O)c1ccc(C(=O)Cl)cc1. The third-order valence-electron chi connectivity index (χ3n) is 1.90. The van der Waals surface area contributed by atoms with Crippen molar-refractivity contribution in [3.8, 4) is 0 Å². The first-order valence-electron chi connectivity index (χ1n) is 4.97. The molecule has 86 valence electrons. The molecule has 0 saturated heterocycles. The van der Waals surface area contributed by atoms with Crippen LogP contribution in [0.4, 0.5) is 0 Å². The predicted octanol–water partition coefficient (Wildman–Crippen LogP) is 2.88. The molecule has 1 aromatic carbocycles. The van der Waals surface area contributed by atoms with Gasteiger partial charge in [0.25, 0.3) is 5.24 Å². The molecule has 0 N–H and O–H groups in total. The Morgan fingerprint density at radius 3 is 2.12 bits per heavy atom. The van der Waals surface area contributed by atoms with E-state index >= 15 is 0 Å². The highest BCUT2D eigenvalue weighted by atomic mass is 35.5. The molecule has 0 bridgehead atoms. The Bertz CT molecular complexity index is 382. The molecule has 1 rings (SSSR count). The maximum Gasteiger partial charge on any atom is 0.338 e. The van der Waals surface area contributed by atoms with Crippen LogP contribution >= 0.6 is 11.6 Å². The second-order valence-electron chi connectivity index (χ2n) is 3.84. The van der Waals surface area contributed by atoms with E-state index in [1.807, 2.05) is 13.8 Å². The number of benzene rings is 1. The normalized spacial score (nSPS) is 10.2. The first-order chi connectivity index (χ1) is 7.50. The van der Waals surface area contributed by atoms with E-state index < -0.39 is 5.24 Å². The molecular weight excluding hydrogens is 228 g/mol. The van der Waals surface area contributed by atoms with Crippen molar-refractivity contribution in [1.29, 1.82) is 0 Å². The maximum atomic E-state index is 11.5. The van der Waals surface area contributed by atoms with Gasteiger partial charge in [0.1, 0.15) is 0 Å². The summed E-state index contributed by atoms with van der Waals surface area (Å²) in [6.07, 6.45) is 0. The zero-order valence-corrected chi connectivity index (χ0v) is 9.95. The second kappa shape index (κ2) is 5.66. The van der Waals surface area contributed by atoms with Crippen molar-refractivity contribution in [2.75, 3.05) is 6.61 Å². The van der Waals surface area contributed by atoms with E-state index in [0.717, 1.165) is 0 Å². The molecule has 0 aliphatic rings. The summed E-state index contributed by atoms with van der Waals surface area (Å²) in [7, 11) is 0. The molecule has 3 nitrogen and oxygen atoms in total. The molecule has 0 spiro atoms. The molecule has 4 heteroatoms. The number of rotatable bonds is 4. The minimum absolute atomic E-state index is 0.299. The van der Waals surface area contributed by atoms with Gasteiger partial charge in [0.05, 0.1) is 12.2 Å². The van der Waals surface area contributed by atoms with Gasteiger partial charge in [-0.15, -0.1) is 0 Å². The summed E-state index contributed by atoms with van der Waals surface area (Å²) in [6, 6.07) is 6.05. The molecule has 0 atom stereocenters. The highest BCUT2D eigenvalue weighted by Crippen LogP contribution is 2.08. The third kappa shape index (κ3) is 3.66. The van der Waals surface area contributed by atoms with Crippen LogP contribution in [0, 0.1) is 5.92 Å². The van der Waals surface area contributed by atoms with Gasteiger partial charge in [0, 0.05) is 5.56 Å². The summed E-state index contributed by atoms with van der Waals surface area (Å²) in [5.41, 5.74) is 0.782. The number of carbonyl (C=O) groups excluding carboxylic acids is 2. The van der Waals surface area contributed by atoms with Crippen molar-refractivity contribution in [2.24, 2.45) is 5.92 Å². The lowest BCUT2D eigenvalue weighted by molar-refractivity contribution is 0.0459. The molecule has 0 heterocycles. The van der Waals surface area contributed by atoms with Crippen LogP contribution in [0.15, 0.2) is 24.3 Å². The number of hydrogen-bond acceptors (Lipinski definition) is 3. The Balaban J connectivity index is 2.67. The van der Waals surface area contributed by atoms with E-state index in [4.69, 9.17) is 16.3 Å². The first-order valence-corrected chi connectivity index (χ1v) is 5.35. The quantitative estimate of drug-likeness (QED) is 0.600. The summed E-state index contributed by atoms with van der Waals surface area (Å²) in [6.45, 7) is 4.31. The van der Waals surface area contributed by atoms with Crippen molar-refractivity contribution in [1.82, 2.24) is 0 Å². The lowest BCUT2D eigenvalue weighted by Gasteiger charge is -2.06. The van der Waals surface area contributed by atoms with Crippen molar-refractivity contribution < 1.29 is 14.3 Å². The predicted molar refractivity (Wildman–Crippen MR) is 61.7 cm³/mol. The standard InChI is InChI=1S/C12H13ClO3/c1-8(2)7-16-12(15)10-5-3-9(4-6-10)11(13)14/h3-6,8H,7H2,1-2H3. The number of halogens is 1. The molecule has 0 fully saturated rings.